The van der Waals surface area contributed by atoms with E-state index in [1.54, 1.807) is 6.20 Å². The monoisotopic (exact) mass is 389 g/mol. The maximum Gasteiger partial charge on any atom is 0.180 e. The summed E-state index contributed by atoms with van der Waals surface area (Å²) in [6.07, 6.45) is 2.72. The second-order valence-electron chi connectivity index (χ2n) is 7.24. The lowest BCUT2D eigenvalue weighted by atomic mass is 10.0. The Balaban J connectivity index is 1.58. The van der Waals surface area contributed by atoms with Crippen molar-refractivity contribution < 1.29 is 0 Å². The highest BCUT2D eigenvalue weighted by Gasteiger charge is 2.24. The summed E-state index contributed by atoms with van der Waals surface area (Å²) in [6.45, 7) is 5.84. The van der Waals surface area contributed by atoms with Crippen molar-refractivity contribution in [3.8, 4) is 11.5 Å². The first-order valence-corrected chi connectivity index (χ1v) is 9.78. The van der Waals surface area contributed by atoms with Crippen LogP contribution in [-0.4, -0.2) is 26.5 Å². The Morgan fingerprint density at radius 1 is 1.11 bits per heavy atom. The Bertz CT molecular complexity index is 1180. The normalized spacial score (nSPS) is 13.8. The van der Waals surface area contributed by atoms with E-state index in [9.17, 15) is 0 Å². The molecule has 0 radical (unpaired) electrons. The van der Waals surface area contributed by atoms with Gasteiger partial charge in [0, 0.05) is 64.1 Å². The van der Waals surface area contributed by atoms with Crippen LogP contribution in [0.1, 0.15) is 22.5 Å². The molecule has 0 fully saturated rings. The number of halogens is 1. The minimum atomic E-state index is 0.673. The van der Waals surface area contributed by atoms with E-state index in [0.717, 1.165) is 52.8 Å². The number of rotatable bonds is 2. The van der Waals surface area contributed by atoms with Crippen LogP contribution in [0.5, 0.6) is 0 Å². The van der Waals surface area contributed by atoms with E-state index in [-0.39, 0.29) is 0 Å². The van der Waals surface area contributed by atoms with Gasteiger partial charge in [-0.05, 0) is 44.2 Å². The van der Waals surface area contributed by atoms with Gasteiger partial charge in [0.15, 0.2) is 5.82 Å². The quantitative estimate of drug-likeness (QED) is 0.532. The molecule has 0 aliphatic carbocycles. The molecule has 1 aliphatic rings. The summed E-state index contributed by atoms with van der Waals surface area (Å²) in [5.41, 5.74) is 6.63. The van der Waals surface area contributed by atoms with E-state index in [2.05, 4.69) is 32.8 Å². The minimum Gasteiger partial charge on any atom is -0.358 e. The number of H-pyrrole nitrogens is 1. The SMILES string of the molecule is Cc1nc(-c2ccccn2)nc(N2CCc3[nH]c4ccc(Cl)cc4c3C2)c1C. The second-order valence-corrected chi connectivity index (χ2v) is 7.68. The number of aromatic amines is 1. The zero-order chi connectivity index (χ0) is 19.3. The first-order chi connectivity index (χ1) is 13.6. The Labute approximate surface area is 168 Å². The second kappa shape index (κ2) is 6.60. The molecule has 28 heavy (non-hydrogen) atoms. The fraction of sp³-hybridized carbons (Fsp3) is 0.227. The van der Waals surface area contributed by atoms with Gasteiger partial charge >= 0.3 is 0 Å². The van der Waals surface area contributed by atoms with Crippen molar-refractivity contribution in [3.05, 3.63) is 70.1 Å². The van der Waals surface area contributed by atoms with Crippen molar-refractivity contribution in [2.24, 2.45) is 0 Å². The van der Waals surface area contributed by atoms with E-state index >= 15 is 0 Å². The molecule has 0 unspecified atom stereocenters. The summed E-state index contributed by atoms with van der Waals surface area (Å²) < 4.78 is 0. The zero-order valence-electron chi connectivity index (χ0n) is 15.8. The molecular weight excluding hydrogens is 370 g/mol. The highest BCUT2D eigenvalue weighted by atomic mass is 35.5. The maximum absolute atomic E-state index is 6.25. The Morgan fingerprint density at radius 3 is 2.82 bits per heavy atom. The molecular formula is C22H20ClN5. The van der Waals surface area contributed by atoms with Gasteiger partial charge in [-0.1, -0.05) is 17.7 Å². The van der Waals surface area contributed by atoms with Crippen molar-refractivity contribution >= 4 is 28.3 Å². The molecule has 1 N–H and O–H groups in total. The Kier molecular flexibility index (Phi) is 4.05. The van der Waals surface area contributed by atoms with Crippen LogP contribution in [0.2, 0.25) is 5.02 Å². The summed E-state index contributed by atoms with van der Waals surface area (Å²) in [4.78, 5) is 19.9. The summed E-state index contributed by atoms with van der Waals surface area (Å²) in [5, 5.41) is 1.96. The molecule has 4 aromatic rings. The number of pyridine rings is 1. The predicted octanol–water partition coefficient (Wildman–Crippen LogP) is 4.85. The molecule has 4 heterocycles. The third-order valence-electron chi connectivity index (χ3n) is 5.49. The number of hydrogen-bond acceptors (Lipinski definition) is 4. The summed E-state index contributed by atoms with van der Waals surface area (Å²) >= 11 is 6.25. The van der Waals surface area contributed by atoms with Gasteiger partial charge < -0.3 is 9.88 Å². The van der Waals surface area contributed by atoms with Crippen molar-refractivity contribution in [2.45, 2.75) is 26.8 Å². The average Bonchev–Trinajstić information content (AvgIpc) is 3.07. The number of anilines is 1. The van der Waals surface area contributed by atoms with E-state index < -0.39 is 0 Å². The fourth-order valence-corrected chi connectivity index (χ4v) is 4.07. The lowest BCUT2D eigenvalue weighted by Gasteiger charge is -2.30. The largest absolute Gasteiger partial charge is 0.358 e. The van der Waals surface area contributed by atoms with Crippen molar-refractivity contribution in [1.29, 1.82) is 0 Å². The van der Waals surface area contributed by atoms with Gasteiger partial charge in [-0.2, -0.15) is 0 Å². The molecule has 1 aromatic carbocycles. The van der Waals surface area contributed by atoms with Crippen LogP contribution in [0, 0.1) is 13.8 Å². The first-order valence-electron chi connectivity index (χ1n) is 9.41. The molecule has 0 spiro atoms. The van der Waals surface area contributed by atoms with Crippen LogP contribution >= 0.6 is 11.6 Å². The predicted molar refractivity (Wildman–Crippen MR) is 113 cm³/mol. The standard InChI is InChI=1S/C22H20ClN5/c1-13-14(2)25-21(20-5-3-4-9-24-20)27-22(13)28-10-8-19-17(12-28)16-11-15(23)6-7-18(16)26-19/h3-7,9,11,26H,8,10,12H2,1-2H3. The molecule has 0 bridgehead atoms. The van der Waals surface area contributed by atoms with Crippen LogP contribution in [-0.2, 0) is 13.0 Å². The van der Waals surface area contributed by atoms with Crippen molar-refractivity contribution in [1.82, 2.24) is 19.9 Å². The maximum atomic E-state index is 6.25. The van der Waals surface area contributed by atoms with Gasteiger partial charge in [-0.3, -0.25) is 4.98 Å². The summed E-state index contributed by atoms with van der Waals surface area (Å²) in [6, 6.07) is 11.8. The lowest BCUT2D eigenvalue weighted by Crippen LogP contribution is -2.31. The number of benzene rings is 1. The van der Waals surface area contributed by atoms with Crippen molar-refractivity contribution in [3.63, 3.8) is 0 Å². The van der Waals surface area contributed by atoms with Gasteiger partial charge in [0.05, 0.1) is 0 Å². The van der Waals surface area contributed by atoms with E-state index in [0.29, 0.717) is 5.82 Å². The molecule has 1 aliphatic heterocycles. The van der Waals surface area contributed by atoms with Crippen LogP contribution in [0.3, 0.4) is 0 Å². The third-order valence-corrected chi connectivity index (χ3v) is 5.73. The molecule has 6 heteroatoms. The summed E-state index contributed by atoms with van der Waals surface area (Å²) in [7, 11) is 0. The zero-order valence-corrected chi connectivity index (χ0v) is 16.6. The molecule has 0 amide bonds. The lowest BCUT2D eigenvalue weighted by molar-refractivity contribution is 0.711. The molecule has 5 nitrogen and oxygen atoms in total. The van der Waals surface area contributed by atoms with Crippen LogP contribution in [0.15, 0.2) is 42.6 Å². The number of aryl methyl sites for hydroxylation is 1. The van der Waals surface area contributed by atoms with E-state index in [1.807, 2.05) is 37.3 Å². The van der Waals surface area contributed by atoms with Crippen LogP contribution < -0.4 is 4.90 Å². The van der Waals surface area contributed by atoms with Crippen LogP contribution in [0.4, 0.5) is 5.82 Å². The average molecular weight is 390 g/mol. The molecule has 0 atom stereocenters. The number of hydrogen-bond donors (Lipinski definition) is 1. The topological polar surface area (TPSA) is 57.7 Å². The highest BCUT2D eigenvalue weighted by molar-refractivity contribution is 6.31. The van der Waals surface area contributed by atoms with Gasteiger partial charge in [0.25, 0.3) is 0 Å². The molecule has 140 valence electrons. The fourth-order valence-electron chi connectivity index (χ4n) is 3.90. The molecule has 3 aromatic heterocycles. The van der Waals surface area contributed by atoms with Gasteiger partial charge in [-0.15, -0.1) is 0 Å². The Morgan fingerprint density at radius 2 is 2.00 bits per heavy atom. The molecule has 0 saturated carbocycles. The minimum absolute atomic E-state index is 0.673. The number of fused-ring (bicyclic) bond motifs is 3. The molecule has 0 saturated heterocycles. The van der Waals surface area contributed by atoms with E-state index in [1.165, 1.54) is 16.6 Å². The molecule has 5 rings (SSSR count). The van der Waals surface area contributed by atoms with Crippen LogP contribution in [0.25, 0.3) is 22.4 Å². The van der Waals surface area contributed by atoms with E-state index in [4.69, 9.17) is 16.6 Å². The van der Waals surface area contributed by atoms with Crippen molar-refractivity contribution in [2.75, 3.05) is 11.4 Å². The number of aromatic nitrogens is 4. The number of nitrogens with one attached hydrogen (secondary N) is 1. The van der Waals surface area contributed by atoms with Gasteiger partial charge in [0.1, 0.15) is 11.5 Å². The highest BCUT2D eigenvalue weighted by Crippen LogP contribution is 2.33. The van der Waals surface area contributed by atoms with Gasteiger partial charge in [0.2, 0.25) is 0 Å². The number of nitrogens with zero attached hydrogens (tertiary/aromatic N) is 4. The first kappa shape index (κ1) is 17.2. The smallest absolute Gasteiger partial charge is 0.180 e. The third kappa shape index (κ3) is 2.83. The Hall–Kier alpha value is -2.92. The van der Waals surface area contributed by atoms with Gasteiger partial charge in [-0.25, -0.2) is 9.97 Å². The summed E-state index contributed by atoms with van der Waals surface area (Å²) in [5.74, 6) is 1.65.